The first-order valence-corrected chi connectivity index (χ1v) is 7.95. The fourth-order valence-corrected chi connectivity index (χ4v) is 2.76. The summed E-state index contributed by atoms with van der Waals surface area (Å²) in [7, 11) is 0. The highest BCUT2D eigenvalue weighted by atomic mass is 16.4. The van der Waals surface area contributed by atoms with Gasteiger partial charge in [-0.1, -0.05) is 13.8 Å². The maximum Gasteiger partial charge on any atom is 0.303 e. The number of carboxylic acid groups (broad SMARTS) is 1. The van der Waals surface area contributed by atoms with Gasteiger partial charge in [-0.3, -0.25) is 9.59 Å². The van der Waals surface area contributed by atoms with Gasteiger partial charge in [0.2, 0.25) is 11.9 Å². The molecule has 1 amide bonds. The van der Waals surface area contributed by atoms with E-state index in [4.69, 9.17) is 5.11 Å². The van der Waals surface area contributed by atoms with E-state index in [0.717, 1.165) is 0 Å². The van der Waals surface area contributed by atoms with Gasteiger partial charge in [0.05, 0.1) is 6.42 Å². The number of nitrogens with zero attached hydrogens (tertiary/aromatic N) is 4. The van der Waals surface area contributed by atoms with Crippen molar-refractivity contribution in [3.8, 4) is 0 Å². The number of carboxylic acids is 1. The molecule has 0 spiro atoms. The second-order valence-corrected chi connectivity index (χ2v) is 6.33. The van der Waals surface area contributed by atoms with Crippen molar-refractivity contribution in [3.05, 3.63) is 18.5 Å². The topological polar surface area (TPSA) is 86.6 Å². The van der Waals surface area contributed by atoms with Crippen LogP contribution in [-0.4, -0.2) is 58.0 Å². The number of carbonyl (C=O) groups excluding carboxylic acids is 1. The van der Waals surface area contributed by atoms with Crippen LogP contribution in [0.2, 0.25) is 0 Å². The second kappa shape index (κ2) is 7.39. The molecule has 1 aromatic heterocycles. The van der Waals surface area contributed by atoms with Crippen molar-refractivity contribution in [1.29, 1.82) is 0 Å². The van der Waals surface area contributed by atoms with Crippen LogP contribution in [0.3, 0.4) is 0 Å². The molecule has 126 valence electrons. The summed E-state index contributed by atoms with van der Waals surface area (Å²) in [6.45, 7) is 6.41. The third-order valence-corrected chi connectivity index (χ3v) is 4.48. The molecule has 1 N–H and O–H groups in total. The molecule has 1 aliphatic heterocycles. The summed E-state index contributed by atoms with van der Waals surface area (Å²) in [4.78, 5) is 35.8. The van der Waals surface area contributed by atoms with Crippen LogP contribution in [0.25, 0.3) is 0 Å². The van der Waals surface area contributed by atoms with Crippen molar-refractivity contribution < 1.29 is 14.7 Å². The largest absolute Gasteiger partial charge is 0.481 e. The zero-order valence-corrected chi connectivity index (χ0v) is 13.7. The summed E-state index contributed by atoms with van der Waals surface area (Å²) in [5.74, 6) is -0.138. The molecule has 1 saturated heterocycles. The van der Waals surface area contributed by atoms with Gasteiger partial charge in [-0.2, -0.15) is 0 Å². The number of hydrogen-bond donors (Lipinski definition) is 1. The molecule has 2 rings (SSSR count). The molecule has 1 aliphatic rings. The van der Waals surface area contributed by atoms with Crippen LogP contribution in [0.5, 0.6) is 0 Å². The Bertz CT molecular complexity index is 544. The molecule has 0 radical (unpaired) electrons. The molecular formula is C16H24N4O3. The SMILES string of the molecule is CC[C@@](C)(CC(=O)O)CC(=O)N1CCN(c2ncccn2)CC1. The number of aromatic nitrogens is 2. The molecule has 23 heavy (non-hydrogen) atoms. The second-order valence-electron chi connectivity index (χ2n) is 6.33. The van der Waals surface area contributed by atoms with Crippen LogP contribution in [0.4, 0.5) is 5.95 Å². The summed E-state index contributed by atoms with van der Waals surface area (Å²) in [5, 5.41) is 9.02. The average Bonchev–Trinajstić information content (AvgIpc) is 2.55. The molecule has 0 saturated carbocycles. The third kappa shape index (κ3) is 4.64. The Balaban J connectivity index is 1.89. The van der Waals surface area contributed by atoms with E-state index >= 15 is 0 Å². The molecule has 1 atom stereocenters. The first-order chi connectivity index (χ1) is 10.9. The van der Waals surface area contributed by atoms with E-state index in [0.29, 0.717) is 38.5 Å². The van der Waals surface area contributed by atoms with Gasteiger partial charge in [-0.15, -0.1) is 0 Å². The predicted octanol–water partition coefficient (Wildman–Crippen LogP) is 1.41. The molecule has 7 nitrogen and oxygen atoms in total. The van der Waals surface area contributed by atoms with Crippen molar-refractivity contribution in [2.75, 3.05) is 31.1 Å². The lowest BCUT2D eigenvalue weighted by molar-refractivity contribution is -0.141. The van der Waals surface area contributed by atoms with E-state index < -0.39 is 11.4 Å². The Labute approximate surface area is 136 Å². The molecule has 0 bridgehead atoms. The Morgan fingerprint density at radius 3 is 2.30 bits per heavy atom. The molecule has 7 heteroatoms. The minimum Gasteiger partial charge on any atom is -0.481 e. The van der Waals surface area contributed by atoms with Crippen molar-refractivity contribution >= 4 is 17.8 Å². The van der Waals surface area contributed by atoms with Crippen LogP contribution >= 0.6 is 0 Å². The van der Waals surface area contributed by atoms with Crippen LogP contribution in [-0.2, 0) is 9.59 Å². The Hall–Kier alpha value is -2.18. The van der Waals surface area contributed by atoms with Gasteiger partial charge in [0.25, 0.3) is 0 Å². The van der Waals surface area contributed by atoms with Gasteiger partial charge in [0, 0.05) is 45.0 Å². The highest BCUT2D eigenvalue weighted by Crippen LogP contribution is 2.31. The summed E-state index contributed by atoms with van der Waals surface area (Å²) in [5.41, 5.74) is -0.484. The Morgan fingerprint density at radius 1 is 1.17 bits per heavy atom. The standard InChI is InChI=1S/C16H24N4O3/c1-3-16(2,12-14(22)23)11-13(21)19-7-9-20(10-8-19)15-17-5-4-6-18-15/h4-6H,3,7-12H2,1-2H3,(H,22,23)/t16-/m1/s1. The van der Waals surface area contributed by atoms with E-state index in [9.17, 15) is 9.59 Å². The summed E-state index contributed by atoms with van der Waals surface area (Å²) < 4.78 is 0. The van der Waals surface area contributed by atoms with Crippen LogP contribution in [0, 0.1) is 5.41 Å². The zero-order valence-electron chi connectivity index (χ0n) is 13.7. The van der Waals surface area contributed by atoms with Crippen LogP contribution in [0.1, 0.15) is 33.1 Å². The summed E-state index contributed by atoms with van der Waals surface area (Å²) in [6, 6.07) is 1.78. The van der Waals surface area contributed by atoms with Gasteiger partial charge in [-0.25, -0.2) is 9.97 Å². The smallest absolute Gasteiger partial charge is 0.303 e. The lowest BCUT2D eigenvalue weighted by atomic mass is 9.80. The van der Waals surface area contributed by atoms with Gasteiger partial charge >= 0.3 is 5.97 Å². The minimum atomic E-state index is -0.854. The van der Waals surface area contributed by atoms with Gasteiger partial charge in [-0.05, 0) is 17.9 Å². The highest BCUT2D eigenvalue weighted by Gasteiger charge is 2.31. The molecule has 1 fully saturated rings. The molecular weight excluding hydrogens is 296 g/mol. The van der Waals surface area contributed by atoms with Crippen LogP contribution < -0.4 is 4.90 Å². The van der Waals surface area contributed by atoms with Crippen molar-refractivity contribution in [2.45, 2.75) is 33.1 Å². The zero-order chi connectivity index (χ0) is 16.9. The molecule has 0 unspecified atom stereocenters. The lowest BCUT2D eigenvalue weighted by Crippen LogP contribution is -2.50. The number of aliphatic carboxylic acids is 1. The van der Waals surface area contributed by atoms with Crippen molar-refractivity contribution in [2.24, 2.45) is 5.41 Å². The first-order valence-electron chi connectivity index (χ1n) is 7.95. The molecule has 0 aromatic carbocycles. The minimum absolute atomic E-state index is 0.0209. The number of carbonyl (C=O) groups is 2. The maximum atomic E-state index is 12.5. The van der Waals surface area contributed by atoms with Gasteiger partial charge in [0.15, 0.2) is 0 Å². The lowest BCUT2D eigenvalue weighted by Gasteiger charge is -2.36. The Kier molecular flexibility index (Phi) is 5.52. The van der Waals surface area contributed by atoms with E-state index in [-0.39, 0.29) is 18.7 Å². The molecule has 0 aliphatic carbocycles. The maximum absolute atomic E-state index is 12.5. The van der Waals surface area contributed by atoms with E-state index in [1.807, 2.05) is 18.7 Å². The van der Waals surface area contributed by atoms with E-state index in [1.165, 1.54) is 0 Å². The summed E-state index contributed by atoms with van der Waals surface area (Å²) >= 11 is 0. The van der Waals surface area contributed by atoms with Gasteiger partial charge < -0.3 is 14.9 Å². The fourth-order valence-electron chi connectivity index (χ4n) is 2.76. The highest BCUT2D eigenvalue weighted by molar-refractivity contribution is 5.78. The Morgan fingerprint density at radius 2 is 1.78 bits per heavy atom. The third-order valence-electron chi connectivity index (χ3n) is 4.48. The van der Waals surface area contributed by atoms with E-state index in [2.05, 4.69) is 14.9 Å². The van der Waals surface area contributed by atoms with Crippen molar-refractivity contribution in [3.63, 3.8) is 0 Å². The number of hydrogen-bond acceptors (Lipinski definition) is 5. The fraction of sp³-hybridized carbons (Fsp3) is 0.625. The molecule has 2 heterocycles. The molecule has 1 aromatic rings. The monoisotopic (exact) mass is 320 g/mol. The number of anilines is 1. The predicted molar refractivity (Wildman–Crippen MR) is 86.1 cm³/mol. The van der Waals surface area contributed by atoms with Crippen LogP contribution in [0.15, 0.2) is 18.5 Å². The first kappa shape index (κ1) is 17.2. The quantitative estimate of drug-likeness (QED) is 0.853. The number of rotatable bonds is 6. The van der Waals surface area contributed by atoms with E-state index in [1.54, 1.807) is 18.5 Å². The number of piperazine rings is 1. The average molecular weight is 320 g/mol. The summed E-state index contributed by atoms with van der Waals surface area (Å²) in [6.07, 6.45) is 4.38. The van der Waals surface area contributed by atoms with Gasteiger partial charge in [0.1, 0.15) is 0 Å². The normalized spacial score (nSPS) is 17.7. The number of amides is 1. The van der Waals surface area contributed by atoms with Crippen molar-refractivity contribution in [1.82, 2.24) is 14.9 Å².